The Morgan fingerprint density at radius 1 is 1.44 bits per heavy atom. The molecule has 0 radical (unpaired) electrons. The molecule has 0 spiro atoms. The molecule has 10 nitrogen and oxygen atoms in total. The van der Waals surface area contributed by atoms with Crippen LogP contribution >= 0.6 is 0 Å². The lowest BCUT2D eigenvalue weighted by Crippen LogP contribution is -2.42. The zero-order valence-electron chi connectivity index (χ0n) is 13.3. The van der Waals surface area contributed by atoms with Crippen LogP contribution in [0, 0.1) is 0 Å². The van der Waals surface area contributed by atoms with Gasteiger partial charge >= 0.3 is 0 Å². The summed E-state index contributed by atoms with van der Waals surface area (Å²) in [6.07, 6.45) is -0.0421. The molecule has 1 saturated heterocycles. The van der Waals surface area contributed by atoms with E-state index in [1.165, 1.54) is 36.0 Å². The zero-order valence-corrected chi connectivity index (χ0v) is 13.3. The minimum atomic E-state index is -0.766. The van der Waals surface area contributed by atoms with Gasteiger partial charge in [-0.15, -0.1) is 0 Å². The van der Waals surface area contributed by atoms with E-state index < -0.39 is 23.8 Å². The second-order valence-corrected chi connectivity index (χ2v) is 5.55. The van der Waals surface area contributed by atoms with E-state index in [1.54, 1.807) is 0 Å². The van der Waals surface area contributed by atoms with E-state index >= 15 is 0 Å². The molecule has 3 rings (SSSR count). The first kappa shape index (κ1) is 16.6. The van der Waals surface area contributed by atoms with Crippen molar-refractivity contribution in [2.24, 2.45) is 12.8 Å². The van der Waals surface area contributed by atoms with Gasteiger partial charge in [-0.25, -0.2) is 4.90 Å². The number of carbonyl (C=O) groups excluding carboxylic acids is 3. The van der Waals surface area contributed by atoms with E-state index in [4.69, 9.17) is 5.73 Å². The minimum Gasteiger partial charge on any atom is -0.539 e. The number of anilines is 1. The molecule has 1 aromatic heterocycles. The molecule has 1 atom stereocenters. The Hall–Kier alpha value is -3.27. The smallest absolute Gasteiger partial charge is 0.251 e. The predicted octanol–water partition coefficient (Wildman–Crippen LogP) is -1.91. The average Bonchev–Trinajstić information content (AvgIpc) is 3.04. The lowest BCUT2D eigenvalue weighted by atomic mass is 10.2. The molecule has 1 aliphatic rings. The van der Waals surface area contributed by atoms with Gasteiger partial charge in [-0.3, -0.25) is 19.7 Å². The summed E-state index contributed by atoms with van der Waals surface area (Å²) in [6, 6.07) is 5.08. The molecule has 2 aromatic rings. The van der Waals surface area contributed by atoms with Gasteiger partial charge in [0, 0.05) is 5.56 Å². The Morgan fingerprint density at radius 2 is 2.12 bits per heavy atom. The van der Waals surface area contributed by atoms with Gasteiger partial charge in [0.15, 0.2) is 13.0 Å². The van der Waals surface area contributed by atoms with E-state index in [0.717, 1.165) is 4.90 Å². The first-order chi connectivity index (χ1) is 11.9. The number of benzene rings is 1. The van der Waals surface area contributed by atoms with E-state index in [0.29, 0.717) is 5.69 Å². The summed E-state index contributed by atoms with van der Waals surface area (Å²) in [5, 5.41) is 17.8. The lowest BCUT2D eigenvalue weighted by Gasteiger charge is -2.15. The number of primary amides is 1. The number of amides is 3. The minimum absolute atomic E-state index is 0.0387. The molecule has 1 fully saturated rings. The van der Waals surface area contributed by atoms with Crippen LogP contribution in [0.5, 0.6) is 5.95 Å². The number of rotatable bonds is 5. The summed E-state index contributed by atoms with van der Waals surface area (Å²) in [7, 11) is 1.54. The maximum atomic E-state index is 12.5. The van der Waals surface area contributed by atoms with Crippen molar-refractivity contribution in [3.63, 3.8) is 0 Å². The Balaban J connectivity index is 1.72. The van der Waals surface area contributed by atoms with Crippen LogP contribution in [-0.2, 0) is 23.2 Å². The van der Waals surface area contributed by atoms with Crippen LogP contribution in [0.1, 0.15) is 22.5 Å². The van der Waals surface area contributed by atoms with E-state index in [9.17, 15) is 19.5 Å². The van der Waals surface area contributed by atoms with Gasteiger partial charge in [0.25, 0.3) is 5.91 Å². The molecule has 3 N–H and O–H groups in total. The van der Waals surface area contributed by atoms with Gasteiger partial charge in [-0.05, 0) is 24.3 Å². The number of nitrogens with two attached hydrogens (primary N) is 1. The zero-order chi connectivity index (χ0) is 18.1. The molecule has 0 bridgehead atoms. The second kappa shape index (κ2) is 6.32. The largest absolute Gasteiger partial charge is 0.539 e. The number of imide groups is 1. The van der Waals surface area contributed by atoms with E-state index in [2.05, 4.69) is 15.1 Å². The van der Waals surface area contributed by atoms with Gasteiger partial charge in [0.05, 0.1) is 30.0 Å². The quantitative estimate of drug-likeness (QED) is 0.475. The Morgan fingerprint density at radius 3 is 2.68 bits per heavy atom. The molecule has 25 heavy (non-hydrogen) atoms. The van der Waals surface area contributed by atoms with Crippen molar-refractivity contribution in [2.45, 2.75) is 19.0 Å². The van der Waals surface area contributed by atoms with Gasteiger partial charge in [-0.1, -0.05) is 4.68 Å². The first-order valence-corrected chi connectivity index (χ1v) is 7.40. The monoisotopic (exact) mass is 345 g/mol. The molecule has 3 amide bonds. The SMILES string of the molecule is C[n+]1noc([O-])c1CNC1CC(=O)N(c2ccc(C(N)=O)cc2)C1=O. The number of hydrogen-bond acceptors (Lipinski definition) is 7. The molecule has 130 valence electrons. The highest BCUT2D eigenvalue weighted by Gasteiger charge is 2.39. The fourth-order valence-electron chi connectivity index (χ4n) is 2.58. The fourth-order valence-corrected chi connectivity index (χ4v) is 2.58. The van der Waals surface area contributed by atoms with Crippen molar-refractivity contribution in [3.05, 3.63) is 35.5 Å². The van der Waals surface area contributed by atoms with Crippen LogP contribution in [0.25, 0.3) is 0 Å². The van der Waals surface area contributed by atoms with Crippen molar-refractivity contribution < 1.29 is 28.7 Å². The molecule has 1 aliphatic heterocycles. The number of aryl methyl sites for hydroxylation is 1. The summed E-state index contributed by atoms with van der Waals surface area (Å²) in [4.78, 5) is 36.8. The highest BCUT2D eigenvalue weighted by molar-refractivity contribution is 6.22. The molecular formula is C15H15N5O5. The van der Waals surface area contributed by atoms with Crippen LogP contribution in [0.4, 0.5) is 5.69 Å². The Bertz CT molecular complexity index is 825. The lowest BCUT2D eigenvalue weighted by molar-refractivity contribution is -0.746. The normalized spacial score (nSPS) is 17.3. The maximum Gasteiger partial charge on any atom is 0.251 e. The number of nitrogens with zero attached hydrogens (tertiary/aromatic N) is 3. The molecule has 1 aromatic carbocycles. The molecule has 0 aliphatic carbocycles. The molecule has 10 heteroatoms. The predicted molar refractivity (Wildman–Crippen MR) is 79.8 cm³/mol. The third kappa shape index (κ3) is 3.06. The number of carbonyl (C=O) groups is 3. The van der Waals surface area contributed by atoms with Crippen LogP contribution in [0.15, 0.2) is 28.8 Å². The van der Waals surface area contributed by atoms with Gasteiger partial charge < -0.3 is 15.4 Å². The van der Waals surface area contributed by atoms with Crippen molar-refractivity contribution >= 4 is 23.4 Å². The Kier molecular flexibility index (Phi) is 4.19. The summed E-state index contributed by atoms with van der Waals surface area (Å²) in [6.45, 7) is 0.0387. The van der Waals surface area contributed by atoms with Crippen molar-refractivity contribution in [1.82, 2.24) is 10.6 Å². The first-order valence-electron chi connectivity index (χ1n) is 7.40. The summed E-state index contributed by atoms with van der Waals surface area (Å²) < 4.78 is 5.76. The molecular weight excluding hydrogens is 330 g/mol. The summed E-state index contributed by atoms with van der Waals surface area (Å²) >= 11 is 0. The number of nitrogens with one attached hydrogen (secondary N) is 1. The molecule has 2 heterocycles. The van der Waals surface area contributed by atoms with Crippen LogP contribution < -0.4 is 25.7 Å². The Labute approximate surface area is 141 Å². The van der Waals surface area contributed by atoms with Crippen molar-refractivity contribution in [2.75, 3.05) is 4.90 Å². The molecule has 1 unspecified atom stereocenters. The number of hydrogen-bond donors (Lipinski definition) is 2. The van der Waals surface area contributed by atoms with Crippen molar-refractivity contribution in [3.8, 4) is 5.95 Å². The highest BCUT2D eigenvalue weighted by atomic mass is 16.6. The highest BCUT2D eigenvalue weighted by Crippen LogP contribution is 2.23. The standard InChI is InChI=1S/C15H15N5O5/c1-19-11(15(24)25-18-19)7-17-10-6-12(21)20(14(10)23)9-4-2-8(3-5-9)13(16)22/h2-5,10,17H,6-7H2,1H3,(H2-,16,18,22,24). The van der Waals surface area contributed by atoms with Crippen LogP contribution in [-0.4, -0.2) is 29.0 Å². The van der Waals surface area contributed by atoms with Gasteiger partial charge in [0.1, 0.15) is 0 Å². The van der Waals surface area contributed by atoms with Crippen molar-refractivity contribution in [1.29, 1.82) is 0 Å². The van der Waals surface area contributed by atoms with Gasteiger partial charge in [0.2, 0.25) is 17.5 Å². The molecule has 0 saturated carbocycles. The maximum absolute atomic E-state index is 12.5. The van der Waals surface area contributed by atoms with Crippen LogP contribution in [0.2, 0.25) is 0 Å². The van der Waals surface area contributed by atoms with E-state index in [-0.39, 0.29) is 30.1 Å². The number of aromatic nitrogens is 2. The third-order valence-corrected chi connectivity index (χ3v) is 3.95. The fraction of sp³-hybridized carbons (Fsp3) is 0.267. The summed E-state index contributed by atoms with van der Waals surface area (Å²) in [5.74, 6) is -2.03. The topological polar surface area (TPSA) is 145 Å². The third-order valence-electron chi connectivity index (χ3n) is 3.95. The summed E-state index contributed by atoms with van der Waals surface area (Å²) in [5.41, 5.74) is 6.04. The second-order valence-electron chi connectivity index (χ2n) is 5.55. The average molecular weight is 345 g/mol. The van der Waals surface area contributed by atoms with E-state index in [1.807, 2.05) is 0 Å². The van der Waals surface area contributed by atoms with Crippen LogP contribution in [0.3, 0.4) is 0 Å². The van der Waals surface area contributed by atoms with Gasteiger partial charge in [-0.2, -0.15) is 0 Å².